The lowest BCUT2D eigenvalue weighted by Crippen LogP contribution is -2.45. The van der Waals surface area contributed by atoms with Gasteiger partial charge in [0.2, 0.25) is 10.0 Å². The van der Waals surface area contributed by atoms with E-state index in [4.69, 9.17) is 11.6 Å². The number of hydrogen-bond donors (Lipinski definition) is 1. The summed E-state index contributed by atoms with van der Waals surface area (Å²) in [5, 5.41) is 11.3. The van der Waals surface area contributed by atoms with Crippen molar-refractivity contribution in [2.75, 3.05) is 13.1 Å². The summed E-state index contributed by atoms with van der Waals surface area (Å²) in [6.45, 7) is 2.36. The Balaban J connectivity index is 1.79. The van der Waals surface area contributed by atoms with E-state index >= 15 is 0 Å². The predicted molar refractivity (Wildman–Crippen MR) is 102 cm³/mol. The minimum absolute atomic E-state index is 0.192. The van der Waals surface area contributed by atoms with Crippen LogP contribution in [0.3, 0.4) is 0 Å². The topological polar surface area (TPSA) is 57.6 Å². The van der Waals surface area contributed by atoms with Crippen LogP contribution in [0.25, 0.3) is 0 Å². The third kappa shape index (κ3) is 3.78. The molecule has 4 nitrogen and oxygen atoms in total. The van der Waals surface area contributed by atoms with Crippen LogP contribution in [0, 0.1) is 6.92 Å². The number of piperidine rings is 1. The van der Waals surface area contributed by atoms with Gasteiger partial charge in [0.05, 0.1) is 10.5 Å². The molecule has 2 aromatic carbocycles. The zero-order valence-electron chi connectivity index (χ0n) is 13.7. The van der Waals surface area contributed by atoms with Crippen LogP contribution >= 0.6 is 27.5 Å². The number of aryl methyl sites for hydroxylation is 1. The SMILES string of the molecule is Cc1ccc(S(=O)(=O)N2CCC(O)(c3ccc(Br)cc3)CC2)cc1Cl. The molecule has 0 saturated carbocycles. The Labute approximate surface area is 161 Å². The second-order valence-corrected chi connectivity index (χ2v) is 9.61. The standard InChI is InChI=1S/C18H19BrClNO3S/c1-13-2-7-16(12-17(13)20)25(23,24)21-10-8-18(22,9-11-21)14-3-5-15(19)6-4-14/h2-7,12,22H,8-11H2,1H3. The van der Waals surface area contributed by atoms with Crippen molar-refractivity contribution >= 4 is 37.6 Å². The van der Waals surface area contributed by atoms with Crippen LogP contribution < -0.4 is 0 Å². The Kier molecular flexibility index (Phi) is 5.28. The fourth-order valence-electron chi connectivity index (χ4n) is 3.03. The first-order valence-corrected chi connectivity index (χ1v) is 10.6. The van der Waals surface area contributed by atoms with E-state index in [-0.39, 0.29) is 18.0 Å². The van der Waals surface area contributed by atoms with E-state index in [0.717, 1.165) is 15.6 Å². The number of nitrogens with zero attached hydrogens (tertiary/aromatic N) is 1. The van der Waals surface area contributed by atoms with Crippen LogP contribution in [0.15, 0.2) is 51.8 Å². The molecular formula is C18H19BrClNO3S. The molecule has 0 amide bonds. The van der Waals surface area contributed by atoms with E-state index in [2.05, 4.69) is 15.9 Å². The zero-order valence-corrected chi connectivity index (χ0v) is 16.9. The van der Waals surface area contributed by atoms with Gasteiger partial charge in [0.15, 0.2) is 0 Å². The number of sulfonamides is 1. The second-order valence-electron chi connectivity index (χ2n) is 6.35. The third-order valence-electron chi connectivity index (χ3n) is 4.71. The summed E-state index contributed by atoms with van der Waals surface area (Å²) < 4.78 is 28.0. The molecule has 1 N–H and O–H groups in total. The Hall–Kier alpha value is -0.920. The molecule has 1 aliphatic heterocycles. The molecular weight excluding hydrogens is 426 g/mol. The van der Waals surface area contributed by atoms with E-state index < -0.39 is 15.6 Å². The van der Waals surface area contributed by atoms with Crippen LogP contribution in [0.2, 0.25) is 5.02 Å². The molecule has 0 spiro atoms. The number of hydrogen-bond acceptors (Lipinski definition) is 3. The lowest BCUT2D eigenvalue weighted by Gasteiger charge is -2.38. The van der Waals surface area contributed by atoms with Gasteiger partial charge in [-0.3, -0.25) is 0 Å². The van der Waals surface area contributed by atoms with Crippen LogP contribution in [0.5, 0.6) is 0 Å². The highest BCUT2D eigenvalue weighted by Crippen LogP contribution is 2.35. The van der Waals surface area contributed by atoms with Gasteiger partial charge in [-0.05, 0) is 55.2 Å². The van der Waals surface area contributed by atoms with Gasteiger partial charge in [0.25, 0.3) is 0 Å². The van der Waals surface area contributed by atoms with Gasteiger partial charge >= 0.3 is 0 Å². The van der Waals surface area contributed by atoms with E-state index in [0.29, 0.717) is 17.9 Å². The van der Waals surface area contributed by atoms with Crippen LogP contribution in [-0.2, 0) is 15.6 Å². The second kappa shape index (κ2) is 7.00. The molecule has 3 rings (SSSR count). The summed E-state index contributed by atoms with van der Waals surface area (Å²) in [7, 11) is -3.61. The van der Waals surface area contributed by atoms with Gasteiger partial charge < -0.3 is 5.11 Å². The number of aliphatic hydroxyl groups is 1. The molecule has 1 heterocycles. The molecule has 7 heteroatoms. The van der Waals surface area contributed by atoms with E-state index in [9.17, 15) is 13.5 Å². The first kappa shape index (κ1) is 18.9. The van der Waals surface area contributed by atoms with Crippen molar-refractivity contribution < 1.29 is 13.5 Å². The van der Waals surface area contributed by atoms with Gasteiger partial charge in [-0.1, -0.05) is 45.7 Å². The third-order valence-corrected chi connectivity index (χ3v) is 7.54. The van der Waals surface area contributed by atoms with Crippen LogP contribution in [0.1, 0.15) is 24.0 Å². The average molecular weight is 445 g/mol. The summed E-state index contributed by atoms with van der Waals surface area (Å²) >= 11 is 9.45. The van der Waals surface area contributed by atoms with Gasteiger partial charge in [-0.25, -0.2) is 8.42 Å². The maximum absolute atomic E-state index is 12.8. The monoisotopic (exact) mass is 443 g/mol. The van der Waals surface area contributed by atoms with Crippen LogP contribution in [0.4, 0.5) is 0 Å². The molecule has 2 aromatic rings. The van der Waals surface area contributed by atoms with Crippen molar-refractivity contribution in [3.05, 3.63) is 63.1 Å². The quantitative estimate of drug-likeness (QED) is 0.776. The number of halogens is 2. The lowest BCUT2D eigenvalue weighted by atomic mass is 9.85. The Bertz CT molecular complexity index is 876. The molecule has 0 bridgehead atoms. The average Bonchev–Trinajstić information content (AvgIpc) is 2.58. The summed E-state index contributed by atoms with van der Waals surface area (Å²) in [5.41, 5.74) is 0.646. The number of benzene rings is 2. The predicted octanol–water partition coefficient (Wildman–Crippen LogP) is 4.08. The normalized spacial score (nSPS) is 18.2. The highest BCUT2D eigenvalue weighted by atomic mass is 79.9. The lowest BCUT2D eigenvalue weighted by molar-refractivity contribution is -0.00962. The minimum Gasteiger partial charge on any atom is -0.385 e. The Morgan fingerprint density at radius 2 is 1.72 bits per heavy atom. The van der Waals surface area contributed by atoms with Gasteiger partial charge in [0.1, 0.15) is 0 Å². The summed E-state index contributed by atoms with van der Waals surface area (Å²) in [4.78, 5) is 0.192. The highest BCUT2D eigenvalue weighted by molar-refractivity contribution is 9.10. The maximum Gasteiger partial charge on any atom is 0.243 e. The van der Waals surface area contributed by atoms with Crippen molar-refractivity contribution in [3.63, 3.8) is 0 Å². The highest BCUT2D eigenvalue weighted by Gasteiger charge is 2.38. The molecule has 1 aliphatic rings. The minimum atomic E-state index is -3.61. The zero-order chi connectivity index (χ0) is 18.2. The van der Waals surface area contributed by atoms with E-state index in [1.807, 2.05) is 31.2 Å². The van der Waals surface area contributed by atoms with Crippen molar-refractivity contribution in [2.24, 2.45) is 0 Å². The smallest absolute Gasteiger partial charge is 0.243 e. The summed E-state index contributed by atoms with van der Waals surface area (Å²) in [6.07, 6.45) is 0.709. The van der Waals surface area contributed by atoms with E-state index in [1.54, 1.807) is 12.1 Å². The maximum atomic E-state index is 12.8. The molecule has 0 aliphatic carbocycles. The van der Waals surface area contributed by atoms with Crippen molar-refractivity contribution in [3.8, 4) is 0 Å². The van der Waals surface area contributed by atoms with Crippen molar-refractivity contribution in [1.29, 1.82) is 0 Å². The van der Waals surface area contributed by atoms with Gasteiger partial charge in [-0.2, -0.15) is 4.31 Å². The molecule has 134 valence electrons. The fourth-order valence-corrected chi connectivity index (χ4v) is 5.01. The molecule has 0 aromatic heterocycles. The van der Waals surface area contributed by atoms with Crippen molar-refractivity contribution in [1.82, 2.24) is 4.31 Å². The molecule has 0 unspecified atom stereocenters. The first-order chi connectivity index (χ1) is 11.7. The van der Waals surface area contributed by atoms with E-state index in [1.165, 1.54) is 10.4 Å². The molecule has 1 fully saturated rings. The first-order valence-electron chi connectivity index (χ1n) is 7.97. The summed E-state index contributed by atoms with van der Waals surface area (Å²) in [5.74, 6) is 0. The molecule has 25 heavy (non-hydrogen) atoms. The van der Waals surface area contributed by atoms with Gasteiger partial charge in [0, 0.05) is 22.6 Å². The molecule has 0 radical (unpaired) electrons. The Morgan fingerprint density at radius 1 is 1.12 bits per heavy atom. The van der Waals surface area contributed by atoms with Crippen molar-refractivity contribution in [2.45, 2.75) is 30.3 Å². The van der Waals surface area contributed by atoms with Crippen LogP contribution in [-0.4, -0.2) is 30.9 Å². The fraction of sp³-hybridized carbons (Fsp3) is 0.333. The van der Waals surface area contributed by atoms with Gasteiger partial charge in [-0.15, -0.1) is 0 Å². The largest absolute Gasteiger partial charge is 0.385 e. The molecule has 1 saturated heterocycles. The number of rotatable bonds is 3. The Morgan fingerprint density at radius 3 is 2.28 bits per heavy atom. The summed E-state index contributed by atoms with van der Waals surface area (Å²) in [6, 6.07) is 12.3. The molecule has 0 atom stereocenters.